The molecule has 0 spiro atoms. The summed E-state index contributed by atoms with van der Waals surface area (Å²) >= 11 is 0. The lowest BCUT2D eigenvalue weighted by Crippen LogP contribution is -2.22. The average molecular weight is 230 g/mol. The van der Waals surface area contributed by atoms with Gasteiger partial charge in [0.25, 0.3) is 0 Å². The quantitative estimate of drug-likeness (QED) is 0.864. The Labute approximate surface area is 102 Å². The second-order valence-electron chi connectivity index (χ2n) is 5.08. The van der Waals surface area contributed by atoms with E-state index in [1.807, 2.05) is 18.2 Å². The zero-order valence-electron chi connectivity index (χ0n) is 10.0. The molecule has 0 unspecified atom stereocenters. The molecule has 0 saturated heterocycles. The van der Waals surface area contributed by atoms with Gasteiger partial charge in [-0.2, -0.15) is 0 Å². The van der Waals surface area contributed by atoms with E-state index in [2.05, 4.69) is 24.3 Å². The summed E-state index contributed by atoms with van der Waals surface area (Å²) in [5.74, 6) is 0.829. The number of rotatable bonds is 3. The van der Waals surface area contributed by atoms with Gasteiger partial charge in [0.15, 0.2) is 0 Å². The van der Waals surface area contributed by atoms with Crippen LogP contribution in [-0.4, -0.2) is 23.9 Å². The summed E-state index contributed by atoms with van der Waals surface area (Å²) in [4.78, 5) is 0. The molecule has 0 aromatic heterocycles. The highest BCUT2D eigenvalue weighted by molar-refractivity contribution is 5.52. The summed E-state index contributed by atoms with van der Waals surface area (Å²) in [6.45, 7) is 0. The van der Waals surface area contributed by atoms with Crippen LogP contribution in [0.3, 0.4) is 0 Å². The molecule has 1 aromatic rings. The minimum atomic E-state index is -0.201. The third-order valence-corrected chi connectivity index (χ3v) is 4.30. The van der Waals surface area contributed by atoms with Crippen LogP contribution in [0.4, 0.5) is 0 Å². The standard InChI is InChI=1S/C15H18O2/c1-17-15(12-7-8-13(16)14(12)15)10-9-11-5-3-2-4-6-11/h2-6,9-10,12-14,16H,7-8H2,1H3/b10-9+/t12-,13-,14-,15-/m1/s1. The average Bonchev–Trinajstić information content (AvgIpc) is 2.86. The Hall–Kier alpha value is -1.12. The van der Waals surface area contributed by atoms with Gasteiger partial charge in [-0.25, -0.2) is 0 Å². The molecule has 17 heavy (non-hydrogen) atoms. The molecule has 2 fully saturated rings. The minimum Gasteiger partial charge on any atom is -0.393 e. The number of methoxy groups -OCH3 is 1. The second-order valence-corrected chi connectivity index (χ2v) is 5.08. The smallest absolute Gasteiger partial charge is 0.0951 e. The topological polar surface area (TPSA) is 29.5 Å². The van der Waals surface area contributed by atoms with Crippen molar-refractivity contribution in [2.45, 2.75) is 24.5 Å². The summed E-state index contributed by atoms with van der Waals surface area (Å²) in [6, 6.07) is 10.2. The van der Waals surface area contributed by atoms with E-state index in [0.717, 1.165) is 12.8 Å². The van der Waals surface area contributed by atoms with Gasteiger partial charge in [-0.3, -0.25) is 0 Å². The molecule has 2 heteroatoms. The Morgan fingerprint density at radius 3 is 2.65 bits per heavy atom. The maximum atomic E-state index is 9.89. The molecule has 0 radical (unpaired) electrons. The highest BCUT2D eigenvalue weighted by atomic mass is 16.5. The molecule has 0 bridgehead atoms. The normalized spacial score (nSPS) is 39.5. The van der Waals surface area contributed by atoms with Gasteiger partial charge in [-0.1, -0.05) is 42.5 Å². The third kappa shape index (κ3) is 1.63. The fourth-order valence-electron chi connectivity index (χ4n) is 3.37. The lowest BCUT2D eigenvalue weighted by Gasteiger charge is -2.17. The van der Waals surface area contributed by atoms with E-state index in [1.165, 1.54) is 5.56 Å². The molecule has 2 aliphatic rings. The summed E-state index contributed by atoms with van der Waals surface area (Å²) < 4.78 is 5.66. The van der Waals surface area contributed by atoms with Crippen molar-refractivity contribution in [3.63, 3.8) is 0 Å². The van der Waals surface area contributed by atoms with Crippen molar-refractivity contribution in [2.75, 3.05) is 7.11 Å². The Kier molecular flexibility index (Phi) is 2.57. The van der Waals surface area contributed by atoms with Gasteiger partial charge >= 0.3 is 0 Å². The molecule has 90 valence electrons. The molecule has 1 aromatic carbocycles. The molecule has 2 saturated carbocycles. The Bertz CT molecular complexity index is 426. The maximum absolute atomic E-state index is 9.89. The molecule has 2 aliphatic carbocycles. The number of ether oxygens (including phenoxy) is 1. The first-order valence-electron chi connectivity index (χ1n) is 6.25. The number of hydrogen-bond donors (Lipinski definition) is 1. The van der Waals surface area contributed by atoms with Crippen LogP contribution in [0.5, 0.6) is 0 Å². The lowest BCUT2D eigenvalue weighted by molar-refractivity contribution is 0.0479. The van der Waals surface area contributed by atoms with E-state index in [4.69, 9.17) is 4.74 Å². The van der Waals surface area contributed by atoms with E-state index < -0.39 is 0 Å². The first kappa shape index (κ1) is 11.0. The molecule has 3 rings (SSSR count). The van der Waals surface area contributed by atoms with Crippen molar-refractivity contribution in [1.29, 1.82) is 0 Å². The van der Waals surface area contributed by atoms with Crippen LogP contribution in [0.2, 0.25) is 0 Å². The van der Waals surface area contributed by atoms with Gasteiger partial charge in [0.2, 0.25) is 0 Å². The highest BCUT2D eigenvalue weighted by Crippen LogP contribution is 2.63. The molecule has 0 heterocycles. The van der Waals surface area contributed by atoms with Crippen molar-refractivity contribution in [2.24, 2.45) is 11.8 Å². The molecule has 0 amide bonds. The van der Waals surface area contributed by atoms with Crippen LogP contribution in [0.25, 0.3) is 6.08 Å². The van der Waals surface area contributed by atoms with E-state index in [0.29, 0.717) is 11.8 Å². The molecule has 4 atom stereocenters. The Balaban J connectivity index is 1.79. The van der Waals surface area contributed by atoms with Crippen LogP contribution in [-0.2, 0) is 4.74 Å². The maximum Gasteiger partial charge on any atom is 0.0951 e. The van der Waals surface area contributed by atoms with E-state index in [9.17, 15) is 5.11 Å². The fourth-order valence-corrected chi connectivity index (χ4v) is 3.37. The Morgan fingerprint density at radius 2 is 2.06 bits per heavy atom. The van der Waals surface area contributed by atoms with E-state index >= 15 is 0 Å². The van der Waals surface area contributed by atoms with Gasteiger partial charge < -0.3 is 9.84 Å². The predicted molar refractivity (Wildman–Crippen MR) is 67.4 cm³/mol. The summed E-state index contributed by atoms with van der Waals surface area (Å²) in [5, 5.41) is 9.89. The van der Waals surface area contributed by atoms with Crippen molar-refractivity contribution < 1.29 is 9.84 Å². The van der Waals surface area contributed by atoms with Crippen molar-refractivity contribution in [3.8, 4) is 0 Å². The van der Waals surface area contributed by atoms with Crippen LogP contribution >= 0.6 is 0 Å². The van der Waals surface area contributed by atoms with E-state index in [-0.39, 0.29) is 11.7 Å². The minimum absolute atomic E-state index is 0.180. The van der Waals surface area contributed by atoms with Crippen LogP contribution in [0.15, 0.2) is 36.4 Å². The predicted octanol–water partition coefficient (Wildman–Crippen LogP) is 2.49. The van der Waals surface area contributed by atoms with Gasteiger partial charge in [0.1, 0.15) is 0 Å². The SMILES string of the molecule is CO[C@@]1(/C=C/c2ccccc2)[C@H]2[C@H](O)CC[C@H]21. The molecular formula is C15H18O2. The summed E-state index contributed by atoms with van der Waals surface area (Å²) in [6.07, 6.45) is 6.08. The number of aliphatic hydroxyl groups excluding tert-OH is 1. The van der Waals surface area contributed by atoms with E-state index in [1.54, 1.807) is 7.11 Å². The highest BCUT2D eigenvalue weighted by Gasteiger charge is 2.69. The van der Waals surface area contributed by atoms with Crippen molar-refractivity contribution in [1.82, 2.24) is 0 Å². The van der Waals surface area contributed by atoms with Crippen molar-refractivity contribution in [3.05, 3.63) is 42.0 Å². The molecule has 1 N–H and O–H groups in total. The second kappa shape index (κ2) is 3.97. The number of aliphatic hydroxyl groups is 1. The largest absolute Gasteiger partial charge is 0.393 e. The van der Waals surface area contributed by atoms with Gasteiger partial charge in [0, 0.05) is 18.9 Å². The molecule has 2 nitrogen and oxygen atoms in total. The van der Waals surface area contributed by atoms with Gasteiger partial charge in [0.05, 0.1) is 11.7 Å². The number of fused-ring (bicyclic) bond motifs is 1. The first-order valence-corrected chi connectivity index (χ1v) is 6.25. The van der Waals surface area contributed by atoms with Crippen molar-refractivity contribution >= 4 is 6.08 Å². The van der Waals surface area contributed by atoms with Crippen LogP contribution < -0.4 is 0 Å². The number of benzene rings is 1. The fraction of sp³-hybridized carbons (Fsp3) is 0.467. The van der Waals surface area contributed by atoms with Crippen LogP contribution in [0.1, 0.15) is 18.4 Å². The summed E-state index contributed by atoms with van der Waals surface area (Å²) in [7, 11) is 1.75. The summed E-state index contributed by atoms with van der Waals surface area (Å²) in [5.41, 5.74) is 0.983. The monoisotopic (exact) mass is 230 g/mol. The zero-order chi connectivity index (χ0) is 11.9. The number of hydrogen-bond acceptors (Lipinski definition) is 2. The third-order valence-electron chi connectivity index (χ3n) is 4.30. The first-order chi connectivity index (χ1) is 8.28. The zero-order valence-corrected chi connectivity index (χ0v) is 10.0. The molecular weight excluding hydrogens is 212 g/mol. The lowest BCUT2D eigenvalue weighted by atomic mass is 10.0. The van der Waals surface area contributed by atoms with Crippen LogP contribution in [0, 0.1) is 11.8 Å². The Morgan fingerprint density at radius 1 is 1.29 bits per heavy atom. The molecule has 0 aliphatic heterocycles. The van der Waals surface area contributed by atoms with Gasteiger partial charge in [-0.15, -0.1) is 0 Å². The van der Waals surface area contributed by atoms with Gasteiger partial charge in [-0.05, 0) is 18.4 Å².